The molecule has 0 fully saturated rings. The van der Waals surface area contributed by atoms with Crippen LogP contribution in [0.2, 0.25) is 0 Å². The first-order valence-electron chi connectivity index (χ1n) is 0.651. The molecule has 0 saturated carbocycles. The third kappa shape index (κ3) is 187. The van der Waals surface area contributed by atoms with Crippen molar-refractivity contribution in [2.24, 2.45) is 0 Å². The van der Waals surface area contributed by atoms with E-state index in [0.717, 1.165) is 0 Å². The average Bonchev–Trinajstić information content (AvgIpc) is 0.811. The van der Waals surface area contributed by atoms with Gasteiger partial charge < -0.3 is 10.2 Å². The second-order valence-electron chi connectivity index (χ2n) is 0.283. The van der Waals surface area contributed by atoms with Gasteiger partial charge in [-0.3, -0.25) is 0 Å². The molecule has 0 aromatic carbocycles. The van der Waals surface area contributed by atoms with Gasteiger partial charge in [-0.25, -0.2) is 4.79 Å². The minimum Gasteiger partial charge on any atom is -0.450 e. The first kappa shape index (κ1) is 16.0. The van der Waals surface area contributed by atoms with E-state index < -0.39 is 6.16 Å². The molecule has 0 rings (SSSR count). The summed E-state index contributed by atoms with van der Waals surface area (Å²) in [5.74, 6) is 0. The Labute approximate surface area is 61.4 Å². The van der Waals surface area contributed by atoms with E-state index in [9.17, 15) is 0 Å². The van der Waals surface area contributed by atoms with E-state index in [-0.39, 0.29) is 40.1 Å². The van der Waals surface area contributed by atoms with Crippen molar-refractivity contribution in [3.05, 3.63) is 0 Å². The molecule has 5 heteroatoms. The number of carbonyl (C=O) groups is 1. The summed E-state index contributed by atoms with van der Waals surface area (Å²) in [6, 6.07) is 0. The maximum Gasteiger partial charge on any atom is 0.503 e. The second kappa shape index (κ2) is 9.12. The molecule has 0 unspecified atom stereocenters. The Bertz CT molecular complexity index is 33.8. The smallest absolute Gasteiger partial charge is 0.450 e. The molecule has 0 aliphatic heterocycles. The molecule has 4 radical (unpaired) electrons. The first-order chi connectivity index (χ1) is 1.73. The molecule has 0 bridgehead atoms. The van der Waals surface area contributed by atoms with Gasteiger partial charge in [-0.05, 0) is 0 Å². The summed E-state index contributed by atoms with van der Waals surface area (Å²) in [5.41, 5.74) is 0. The molecule has 0 spiro atoms. The van der Waals surface area contributed by atoms with E-state index in [1.165, 1.54) is 0 Å². The topological polar surface area (TPSA) is 57.5 Å². The van der Waals surface area contributed by atoms with Gasteiger partial charge in [0.05, 0.1) is 0 Å². The van der Waals surface area contributed by atoms with E-state index >= 15 is 0 Å². The molecular formula is CH2MgO3Se. The minimum atomic E-state index is -1.83. The van der Waals surface area contributed by atoms with Gasteiger partial charge in [0, 0.05) is 40.1 Å². The van der Waals surface area contributed by atoms with Crippen molar-refractivity contribution in [2.75, 3.05) is 0 Å². The van der Waals surface area contributed by atoms with Gasteiger partial charge in [0.2, 0.25) is 0 Å². The van der Waals surface area contributed by atoms with Crippen LogP contribution < -0.4 is 0 Å². The molecule has 0 aliphatic carbocycles. The Morgan fingerprint density at radius 1 is 1.33 bits per heavy atom. The zero-order chi connectivity index (χ0) is 3.58. The summed E-state index contributed by atoms with van der Waals surface area (Å²) in [7, 11) is 0. The summed E-state index contributed by atoms with van der Waals surface area (Å²) >= 11 is 0. The largest absolute Gasteiger partial charge is 0.503 e. The van der Waals surface area contributed by atoms with Crippen LogP contribution in [0.3, 0.4) is 0 Å². The molecule has 6 heavy (non-hydrogen) atoms. The Morgan fingerprint density at radius 2 is 1.33 bits per heavy atom. The van der Waals surface area contributed by atoms with Gasteiger partial charge in [-0.15, -0.1) is 0 Å². The average molecular weight is 165 g/mol. The third-order valence-electron chi connectivity index (χ3n) is 0. The van der Waals surface area contributed by atoms with Gasteiger partial charge in [0.1, 0.15) is 0 Å². The SMILES string of the molecule is O=C(O)O.[Mg].[Se]. The quantitative estimate of drug-likeness (QED) is 0.474. The normalized spacial score (nSPS) is 4.00. The fourth-order valence-electron chi connectivity index (χ4n) is 0. The molecule has 3 nitrogen and oxygen atoms in total. The molecule has 0 amide bonds. The van der Waals surface area contributed by atoms with Gasteiger partial charge in [0.25, 0.3) is 0 Å². The van der Waals surface area contributed by atoms with Crippen LogP contribution >= 0.6 is 0 Å². The Balaban J connectivity index is -0.0000000450. The van der Waals surface area contributed by atoms with Crippen LogP contribution in [-0.4, -0.2) is 56.5 Å². The summed E-state index contributed by atoms with van der Waals surface area (Å²) in [4.78, 5) is 8.56. The summed E-state index contributed by atoms with van der Waals surface area (Å²) < 4.78 is 0. The maximum atomic E-state index is 8.56. The van der Waals surface area contributed by atoms with Crippen molar-refractivity contribution >= 4 is 46.3 Å². The minimum absolute atomic E-state index is 0. The fraction of sp³-hybridized carbons (Fsp3) is 0. The Hall–Kier alpha value is 0.556. The van der Waals surface area contributed by atoms with E-state index in [1.54, 1.807) is 0 Å². The maximum absolute atomic E-state index is 8.56. The van der Waals surface area contributed by atoms with Crippen molar-refractivity contribution in [3.8, 4) is 0 Å². The fourth-order valence-corrected chi connectivity index (χ4v) is 0. The molecule has 0 aliphatic rings. The predicted molar refractivity (Wildman–Crippen MR) is 22.2 cm³/mol. The number of hydrogen-bond donors (Lipinski definition) is 2. The van der Waals surface area contributed by atoms with Gasteiger partial charge in [0.15, 0.2) is 0 Å². The van der Waals surface area contributed by atoms with Gasteiger partial charge in [-0.2, -0.15) is 0 Å². The van der Waals surface area contributed by atoms with Gasteiger partial charge >= 0.3 is 6.16 Å². The van der Waals surface area contributed by atoms with E-state index in [4.69, 9.17) is 15.0 Å². The monoisotopic (exact) mass is 166 g/mol. The number of hydrogen-bond acceptors (Lipinski definition) is 1. The second-order valence-corrected chi connectivity index (χ2v) is 0.283. The van der Waals surface area contributed by atoms with Crippen LogP contribution in [0.4, 0.5) is 4.79 Å². The molecular weight excluding hydrogens is 163 g/mol. The summed E-state index contributed by atoms with van der Waals surface area (Å²) in [6.07, 6.45) is -1.83. The van der Waals surface area contributed by atoms with Crippen LogP contribution in [0.5, 0.6) is 0 Å². The Kier molecular flexibility index (Phi) is 24.3. The van der Waals surface area contributed by atoms with Crippen LogP contribution in [0.25, 0.3) is 0 Å². The van der Waals surface area contributed by atoms with Crippen molar-refractivity contribution in [1.29, 1.82) is 0 Å². The van der Waals surface area contributed by atoms with E-state index in [0.29, 0.717) is 0 Å². The van der Waals surface area contributed by atoms with Crippen LogP contribution in [0.1, 0.15) is 0 Å². The first-order valence-corrected chi connectivity index (χ1v) is 0.651. The molecule has 0 aromatic heterocycles. The molecule has 0 atom stereocenters. The van der Waals surface area contributed by atoms with Crippen LogP contribution in [-0.2, 0) is 0 Å². The van der Waals surface area contributed by atoms with E-state index in [1.807, 2.05) is 0 Å². The molecule has 32 valence electrons. The van der Waals surface area contributed by atoms with Crippen molar-refractivity contribution in [2.45, 2.75) is 0 Å². The zero-order valence-electron chi connectivity index (χ0n) is 2.92. The summed E-state index contributed by atoms with van der Waals surface area (Å²) in [5, 5.41) is 13.9. The molecule has 0 heterocycles. The van der Waals surface area contributed by atoms with Crippen molar-refractivity contribution in [3.63, 3.8) is 0 Å². The standard InChI is InChI=1S/CH2O3.Mg.Se/c2-1(3)4;;/h(H2,2,3,4);;. The Morgan fingerprint density at radius 3 is 1.33 bits per heavy atom. The van der Waals surface area contributed by atoms with Gasteiger partial charge in [-0.1, -0.05) is 0 Å². The third-order valence-corrected chi connectivity index (χ3v) is 0. The number of rotatable bonds is 0. The number of carboxylic acid groups (broad SMARTS) is 2. The summed E-state index contributed by atoms with van der Waals surface area (Å²) in [6.45, 7) is 0. The van der Waals surface area contributed by atoms with Crippen LogP contribution in [0, 0.1) is 0 Å². The molecule has 2 N–H and O–H groups in total. The zero-order valence-corrected chi connectivity index (χ0v) is 6.05. The van der Waals surface area contributed by atoms with Crippen molar-refractivity contribution in [1.82, 2.24) is 0 Å². The van der Waals surface area contributed by atoms with Crippen LogP contribution in [0.15, 0.2) is 0 Å². The molecule has 0 aromatic rings. The van der Waals surface area contributed by atoms with Crippen molar-refractivity contribution < 1.29 is 15.0 Å². The molecule has 0 saturated heterocycles. The predicted octanol–water partition coefficient (Wildman–Crippen LogP) is -0.539. The van der Waals surface area contributed by atoms with E-state index in [2.05, 4.69) is 0 Å².